The highest BCUT2D eigenvalue weighted by molar-refractivity contribution is 5.98. The lowest BCUT2D eigenvalue weighted by Gasteiger charge is -2.35. The van der Waals surface area contributed by atoms with Crippen molar-refractivity contribution >= 4 is 23.6 Å². The number of aromatic nitrogens is 2. The largest absolute Gasteiger partial charge is 0.497 e. The number of ether oxygens (including phenoxy) is 1. The minimum absolute atomic E-state index is 0.0618. The Morgan fingerprint density at radius 3 is 2.29 bits per heavy atom. The number of hydrogen-bond acceptors (Lipinski definition) is 7. The smallest absolute Gasteiger partial charge is 0.273 e. The number of hydrogen-bond donors (Lipinski definition) is 1. The van der Waals surface area contributed by atoms with Crippen molar-refractivity contribution in [2.24, 2.45) is 0 Å². The summed E-state index contributed by atoms with van der Waals surface area (Å²) >= 11 is 0. The van der Waals surface area contributed by atoms with Crippen LogP contribution in [-0.2, 0) is 16.9 Å². The molecule has 0 atom stereocenters. The number of nitrogens with one attached hydrogen (secondary N) is 1. The average Bonchev–Trinajstić information content (AvgIpc) is 3.16. The third kappa shape index (κ3) is 4.51. The van der Waals surface area contributed by atoms with Crippen molar-refractivity contribution in [3.05, 3.63) is 41.1 Å². The average molecular weight is 467 g/mol. The van der Waals surface area contributed by atoms with Crippen LogP contribution in [0.4, 0.5) is 11.8 Å². The fraction of sp³-hybridized carbons (Fsp3) is 0.520. The van der Waals surface area contributed by atoms with E-state index >= 15 is 0 Å². The van der Waals surface area contributed by atoms with Gasteiger partial charge in [0.25, 0.3) is 5.91 Å². The molecule has 2 aliphatic rings. The van der Waals surface area contributed by atoms with E-state index in [-0.39, 0.29) is 17.9 Å². The van der Waals surface area contributed by atoms with Gasteiger partial charge in [-0.15, -0.1) is 0 Å². The van der Waals surface area contributed by atoms with E-state index in [0.717, 1.165) is 16.9 Å². The molecule has 1 aromatic heterocycles. The summed E-state index contributed by atoms with van der Waals surface area (Å²) in [5.74, 6) is 2.00. The summed E-state index contributed by atoms with van der Waals surface area (Å²) in [6.07, 6.45) is 0. The van der Waals surface area contributed by atoms with E-state index in [1.165, 1.54) is 0 Å². The Balaban J connectivity index is 1.69. The van der Waals surface area contributed by atoms with Crippen LogP contribution >= 0.6 is 0 Å². The zero-order valence-corrected chi connectivity index (χ0v) is 20.9. The SMILES string of the molecule is COc1ccc(C(C)(C)Nc2nc(N3CCN(C(C)=O)CC3)nc3c2CN(C(C)C)C3=O)cc1. The van der Waals surface area contributed by atoms with Gasteiger partial charge in [-0.1, -0.05) is 12.1 Å². The molecular formula is C25H34N6O3. The Hall–Kier alpha value is -3.36. The Morgan fingerprint density at radius 2 is 1.74 bits per heavy atom. The van der Waals surface area contributed by atoms with Gasteiger partial charge in [-0.2, -0.15) is 4.98 Å². The van der Waals surface area contributed by atoms with Gasteiger partial charge in [0.15, 0.2) is 0 Å². The predicted octanol–water partition coefficient (Wildman–Crippen LogP) is 2.87. The minimum Gasteiger partial charge on any atom is -0.497 e. The van der Waals surface area contributed by atoms with Crippen molar-refractivity contribution < 1.29 is 14.3 Å². The third-order valence-corrected chi connectivity index (χ3v) is 6.66. The number of carbonyl (C=O) groups is 2. The second-order valence-corrected chi connectivity index (χ2v) is 9.70. The standard InChI is InChI=1S/C25H34N6O3/c1-16(2)31-15-20-21(23(31)33)26-24(30-13-11-29(12-14-30)17(3)32)27-22(20)28-25(4,5)18-7-9-19(34-6)10-8-18/h7-10,16H,11-15H2,1-6H3,(H,26,27,28). The topological polar surface area (TPSA) is 90.9 Å². The molecule has 0 radical (unpaired) electrons. The van der Waals surface area contributed by atoms with E-state index in [4.69, 9.17) is 14.7 Å². The van der Waals surface area contributed by atoms with Gasteiger partial charge in [-0.05, 0) is 45.4 Å². The van der Waals surface area contributed by atoms with Crippen molar-refractivity contribution in [3.63, 3.8) is 0 Å². The second-order valence-electron chi connectivity index (χ2n) is 9.70. The number of fused-ring (bicyclic) bond motifs is 1. The highest BCUT2D eigenvalue weighted by atomic mass is 16.5. The first-order chi connectivity index (χ1) is 16.1. The van der Waals surface area contributed by atoms with Crippen molar-refractivity contribution in [1.29, 1.82) is 0 Å². The Labute approximate surface area is 201 Å². The number of rotatable bonds is 6. The van der Waals surface area contributed by atoms with E-state index in [1.54, 1.807) is 14.0 Å². The van der Waals surface area contributed by atoms with Crippen LogP contribution in [0.5, 0.6) is 5.75 Å². The molecule has 0 spiro atoms. The van der Waals surface area contributed by atoms with Crippen molar-refractivity contribution in [2.45, 2.75) is 52.7 Å². The van der Waals surface area contributed by atoms with Crippen LogP contribution < -0.4 is 15.0 Å². The molecule has 2 aliphatic heterocycles. The highest BCUT2D eigenvalue weighted by Gasteiger charge is 2.36. The molecule has 1 N–H and O–H groups in total. The minimum atomic E-state index is -0.451. The molecule has 34 heavy (non-hydrogen) atoms. The Kier molecular flexibility index (Phi) is 6.38. The zero-order valence-electron chi connectivity index (χ0n) is 20.9. The molecule has 0 aliphatic carbocycles. The second kappa shape index (κ2) is 9.12. The third-order valence-electron chi connectivity index (χ3n) is 6.66. The summed E-state index contributed by atoms with van der Waals surface area (Å²) in [6, 6.07) is 7.99. The lowest BCUT2D eigenvalue weighted by Crippen LogP contribution is -2.48. The maximum absolute atomic E-state index is 13.2. The number of piperazine rings is 1. The van der Waals surface area contributed by atoms with Crippen LogP contribution in [0.3, 0.4) is 0 Å². The summed E-state index contributed by atoms with van der Waals surface area (Å²) < 4.78 is 5.30. The van der Waals surface area contributed by atoms with Crippen LogP contribution in [0.15, 0.2) is 24.3 Å². The van der Waals surface area contributed by atoms with Crippen LogP contribution in [-0.4, -0.2) is 70.9 Å². The first-order valence-corrected chi connectivity index (χ1v) is 11.8. The van der Waals surface area contributed by atoms with Crippen molar-refractivity contribution in [2.75, 3.05) is 43.5 Å². The summed E-state index contributed by atoms with van der Waals surface area (Å²) in [4.78, 5) is 40.2. The van der Waals surface area contributed by atoms with Gasteiger partial charge in [0.2, 0.25) is 11.9 Å². The van der Waals surface area contributed by atoms with E-state index in [1.807, 2.05) is 47.9 Å². The van der Waals surface area contributed by atoms with Gasteiger partial charge in [-0.3, -0.25) is 9.59 Å². The van der Waals surface area contributed by atoms with E-state index in [0.29, 0.717) is 50.2 Å². The summed E-state index contributed by atoms with van der Waals surface area (Å²) in [7, 11) is 1.65. The van der Waals surface area contributed by atoms with Gasteiger partial charge in [-0.25, -0.2) is 4.98 Å². The molecule has 2 aromatic rings. The fourth-order valence-electron chi connectivity index (χ4n) is 4.44. The first-order valence-electron chi connectivity index (χ1n) is 11.8. The molecule has 1 aromatic carbocycles. The molecule has 9 heteroatoms. The maximum Gasteiger partial charge on any atom is 0.273 e. The molecule has 182 valence electrons. The van der Waals surface area contributed by atoms with E-state index in [9.17, 15) is 9.59 Å². The fourth-order valence-corrected chi connectivity index (χ4v) is 4.44. The number of benzene rings is 1. The molecule has 0 saturated carbocycles. The summed E-state index contributed by atoms with van der Waals surface area (Å²) in [6.45, 7) is 12.7. The molecule has 2 amide bonds. The van der Waals surface area contributed by atoms with Gasteiger partial charge >= 0.3 is 0 Å². The molecule has 9 nitrogen and oxygen atoms in total. The summed E-state index contributed by atoms with van der Waals surface area (Å²) in [5.41, 5.74) is 1.90. The monoisotopic (exact) mass is 466 g/mol. The number of methoxy groups -OCH3 is 1. The Morgan fingerprint density at radius 1 is 1.09 bits per heavy atom. The van der Waals surface area contributed by atoms with E-state index < -0.39 is 5.54 Å². The highest BCUT2D eigenvalue weighted by Crippen LogP contribution is 2.34. The van der Waals surface area contributed by atoms with Crippen LogP contribution in [0.1, 0.15) is 56.2 Å². The molecule has 3 heterocycles. The van der Waals surface area contributed by atoms with Crippen LogP contribution in [0.2, 0.25) is 0 Å². The number of carbonyl (C=O) groups excluding carboxylic acids is 2. The number of amides is 2. The Bertz CT molecular complexity index is 1070. The lowest BCUT2D eigenvalue weighted by atomic mass is 9.94. The molecular weight excluding hydrogens is 432 g/mol. The van der Waals surface area contributed by atoms with E-state index in [2.05, 4.69) is 24.1 Å². The van der Waals surface area contributed by atoms with Gasteiger partial charge in [0.1, 0.15) is 17.3 Å². The first kappa shape index (κ1) is 23.8. The lowest BCUT2D eigenvalue weighted by molar-refractivity contribution is -0.129. The summed E-state index contributed by atoms with van der Waals surface area (Å²) in [5, 5.41) is 3.60. The quantitative estimate of drug-likeness (QED) is 0.700. The van der Waals surface area contributed by atoms with Crippen LogP contribution in [0, 0.1) is 0 Å². The van der Waals surface area contributed by atoms with Crippen molar-refractivity contribution in [3.8, 4) is 5.75 Å². The normalized spacial score (nSPS) is 16.2. The zero-order chi connectivity index (χ0) is 24.6. The maximum atomic E-state index is 13.2. The van der Waals surface area contributed by atoms with Crippen LogP contribution in [0.25, 0.3) is 0 Å². The molecule has 1 saturated heterocycles. The predicted molar refractivity (Wildman–Crippen MR) is 131 cm³/mol. The van der Waals surface area contributed by atoms with Crippen molar-refractivity contribution in [1.82, 2.24) is 19.8 Å². The molecule has 4 rings (SSSR count). The number of nitrogens with zero attached hydrogens (tertiary/aromatic N) is 5. The van der Waals surface area contributed by atoms with Gasteiger partial charge in [0.05, 0.1) is 19.2 Å². The molecule has 0 bridgehead atoms. The van der Waals surface area contributed by atoms with Gasteiger partial charge in [0, 0.05) is 44.7 Å². The molecule has 1 fully saturated rings. The molecule has 0 unspecified atom stereocenters. The number of anilines is 2. The van der Waals surface area contributed by atoms with Gasteiger partial charge < -0.3 is 24.8 Å².